The van der Waals surface area contributed by atoms with Crippen molar-refractivity contribution in [1.82, 2.24) is 4.98 Å². The van der Waals surface area contributed by atoms with Crippen molar-refractivity contribution >= 4 is 17.5 Å². The largest absolute Gasteiger partial charge is 0.507 e. The van der Waals surface area contributed by atoms with Crippen molar-refractivity contribution in [2.24, 2.45) is 11.8 Å². The molecule has 1 spiro atoms. The minimum Gasteiger partial charge on any atom is -0.507 e. The maximum atomic E-state index is 13.9. The van der Waals surface area contributed by atoms with E-state index in [1.807, 2.05) is 26.8 Å². The maximum Gasteiger partial charge on any atom is 0.340 e. The number of carbonyl (C=O) groups is 3. The Hall–Kier alpha value is -3.78. The average Bonchev–Trinajstić information content (AvgIpc) is 3.03. The summed E-state index contributed by atoms with van der Waals surface area (Å²) in [5.41, 5.74) is -1.92. The molecule has 3 heterocycles. The Morgan fingerprint density at radius 1 is 1.24 bits per heavy atom. The van der Waals surface area contributed by atoms with Gasteiger partial charge in [-0.2, -0.15) is 0 Å². The van der Waals surface area contributed by atoms with Crippen LogP contribution in [0.15, 0.2) is 66.0 Å². The number of pyridine rings is 1. The number of benzene rings is 1. The number of hydrogen-bond acceptors (Lipinski definition) is 8. The first-order valence-electron chi connectivity index (χ1n) is 12.4. The van der Waals surface area contributed by atoms with Crippen molar-refractivity contribution in [1.29, 1.82) is 0 Å². The molecule has 1 N–H and O–H groups in total. The van der Waals surface area contributed by atoms with Crippen molar-refractivity contribution in [3.63, 3.8) is 0 Å². The number of hydrogen-bond donors (Lipinski definition) is 1. The molecule has 7 rings (SSSR count). The van der Waals surface area contributed by atoms with Crippen LogP contribution in [-0.4, -0.2) is 51.0 Å². The van der Waals surface area contributed by atoms with Crippen LogP contribution in [0.25, 0.3) is 0 Å². The minimum absolute atomic E-state index is 0.0282. The van der Waals surface area contributed by atoms with Gasteiger partial charge in [-0.05, 0) is 57.0 Å². The first-order valence-corrected chi connectivity index (χ1v) is 12.4. The van der Waals surface area contributed by atoms with E-state index in [9.17, 15) is 19.5 Å². The molecule has 2 aliphatic heterocycles. The fraction of sp³-hybridized carbons (Fsp3) is 0.379. The molecule has 4 atom stereocenters. The van der Waals surface area contributed by atoms with Crippen molar-refractivity contribution < 1.29 is 33.7 Å². The first kappa shape index (κ1) is 23.6. The number of phenolic OH excluding ortho intramolecular Hbond substituents is 1. The highest BCUT2D eigenvalue weighted by Crippen LogP contribution is 2.67. The number of carbonyl (C=O) groups excluding carboxylic acids is 3. The Morgan fingerprint density at radius 2 is 2.05 bits per heavy atom. The molecule has 1 saturated heterocycles. The molecule has 37 heavy (non-hydrogen) atoms. The SMILES string of the molecule is C/C(=C\C[C@@]12OC(C)(C)[C@@H]3C[C@@H](C=C4C(=O)c5c(O)cccc5O[C@]431)C2=O)COC(=O)c1cccnc1. The summed E-state index contributed by atoms with van der Waals surface area (Å²) in [5, 5.41) is 10.4. The fourth-order valence-corrected chi connectivity index (χ4v) is 6.60. The van der Waals surface area contributed by atoms with Crippen LogP contribution < -0.4 is 4.74 Å². The molecule has 8 nitrogen and oxygen atoms in total. The highest BCUT2D eigenvalue weighted by atomic mass is 16.6. The van der Waals surface area contributed by atoms with Crippen LogP contribution in [-0.2, 0) is 14.3 Å². The number of aromatic hydroxyl groups is 1. The number of esters is 1. The van der Waals surface area contributed by atoms with Gasteiger partial charge in [0.05, 0.1) is 11.2 Å². The topological polar surface area (TPSA) is 112 Å². The van der Waals surface area contributed by atoms with Crippen LogP contribution in [0.2, 0.25) is 0 Å². The van der Waals surface area contributed by atoms with Gasteiger partial charge >= 0.3 is 5.97 Å². The summed E-state index contributed by atoms with van der Waals surface area (Å²) in [4.78, 5) is 43.9. The van der Waals surface area contributed by atoms with E-state index in [4.69, 9.17) is 14.2 Å². The van der Waals surface area contributed by atoms with Gasteiger partial charge in [0.25, 0.3) is 0 Å². The normalized spacial score (nSPS) is 30.8. The van der Waals surface area contributed by atoms with E-state index < -0.39 is 28.7 Å². The third kappa shape index (κ3) is 3.11. The summed E-state index contributed by atoms with van der Waals surface area (Å²) in [6, 6.07) is 7.99. The maximum absolute atomic E-state index is 13.9. The summed E-state index contributed by atoms with van der Waals surface area (Å²) in [5.74, 6) is -1.59. The second-order valence-electron chi connectivity index (χ2n) is 10.8. The Kier molecular flexibility index (Phi) is 5.01. The number of aromatic nitrogens is 1. The zero-order chi connectivity index (χ0) is 26.2. The summed E-state index contributed by atoms with van der Waals surface area (Å²) in [7, 11) is 0. The van der Waals surface area contributed by atoms with E-state index in [-0.39, 0.29) is 47.6 Å². The molecule has 2 fully saturated rings. The van der Waals surface area contributed by atoms with Gasteiger partial charge in [0.2, 0.25) is 0 Å². The van der Waals surface area contributed by atoms with Crippen molar-refractivity contribution in [2.75, 3.05) is 6.61 Å². The first-order chi connectivity index (χ1) is 17.6. The molecule has 5 aliphatic rings. The number of ketones is 2. The Balaban J connectivity index is 1.37. The third-order valence-corrected chi connectivity index (χ3v) is 8.17. The molecular weight excluding hydrogens is 474 g/mol. The Labute approximate surface area is 213 Å². The Morgan fingerprint density at radius 3 is 2.81 bits per heavy atom. The van der Waals surface area contributed by atoms with Gasteiger partial charge < -0.3 is 19.3 Å². The van der Waals surface area contributed by atoms with Crippen molar-refractivity contribution in [2.45, 2.75) is 50.4 Å². The van der Waals surface area contributed by atoms with Gasteiger partial charge in [0.1, 0.15) is 23.7 Å². The molecule has 4 bridgehead atoms. The van der Waals surface area contributed by atoms with E-state index in [2.05, 4.69) is 4.98 Å². The van der Waals surface area contributed by atoms with E-state index >= 15 is 0 Å². The van der Waals surface area contributed by atoms with E-state index in [0.717, 1.165) is 5.57 Å². The quantitative estimate of drug-likeness (QED) is 0.484. The van der Waals surface area contributed by atoms with Crippen LogP contribution >= 0.6 is 0 Å². The molecular formula is C29H27NO7. The smallest absolute Gasteiger partial charge is 0.340 e. The molecule has 0 amide bonds. The van der Waals surface area contributed by atoms with E-state index in [0.29, 0.717) is 17.6 Å². The van der Waals surface area contributed by atoms with Crippen molar-refractivity contribution in [3.05, 3.63) is 77.2 Å². The van der Waals surface area contributed by atoms with Crippen LogP contribution in [0.3, 0.4) is 0 Å². The number of Topliss-reactive ketones (excluding diaryl/α,β-unsaturated/α-hetero) is 2. The minimum atomic E-state index is -1.43. The molecule has 8 heteroatoms. The standard InChI is InChI=1S/C29H27NO7/c1-16(15-35-26(34)17-6-5-11-30-14-17)9-10-28-25(33)18-12-19-24(32)23-20(31)7-4-8-21(23)36-29(19,28)22(13-18)27(2,3)37-28/h4-9,11-12,14,18,22,31H,10,13,15H2,1-3H3/b16-9+/t18-,22+,28+,29-/m1/s1. The lowest BCUT2D eigenvalue weighted by molar-refractivity contribution is -0.171. The van der Waals surface area contributed by atoms with Gasteiger partial charge in [0.15, 0.2) is 22.8 Å². The van der Waals surface area contributed by atoms with E-state index in [1.54, 1.807) is 36.5 Å². The second kappa shape index (κ2) is 7.86. The molecule has 0 unspecified atom stereocenters. The van der Waals surface area contributed by atoms with Crippen LogP contribution in [0.1, 0.15) is 54.3 Å². The number of nitrogens with zero attached hydrogens (tertiary/aromatic N) is 1. The molecule has 1 saturated carbocycles. The number of fused-ring (bicyclic) bond motifs is 1. The summed E-state index contributed by atoms with van der Waals surface area (Å²) in [6.45, 7) is 5.70. The number of rotatable bonds is 5. The van der Waals surface area contributed by atoms with Crippen molar-refractivity contribution in [3.8, 4) is 11.5 Å². The highest BCUT2D eigenvalue weighted by Gasteiger charge is 2.81. The third-order valence-electron chi connectivity index (χ3n) is 8.17. The Bertz CT molecular complexity index is 1410. The fourth-order valence-electron chi connectivity index (χ4n) is 6.60. The lowest BCUT2D eigenvalue weighted by atomic mass is 9.51. The van der Waals surface area contributed by atoms with Crippen LogP contribution in [0.4, 0.5) is 0 Å². The zero-order valence-electron chi connectivity index (χ0n) is 20.8. The van der Waals surface area contributed by atoms with Gasteiger partial charge in [-0.15, -0.1) is 0 Å². The zero-order valence-corrected chi connectivity index (χ0v) is 20.8. The predicted octanol–water partition coefficient (Wildman–Crippen LogP) is 3.99. The molecule has 190 valence electrons. The second-order valence-corrected chi connectivity index (χ2v) is 10.8. The van der Waals surface area contributed by atoms with E-state index in [1.165, 1.54) is 12.3 Å². The van der Waals surface area contributed by atoms with Gasteiger partial charge in [-0.1, -0.05) is 18.2 Å². The molecule has 1 aromatic carbocycles. The van der Waals surface area contributed by atoms with Gasteiger partial charge in [-0.25, -0.2) is 4.79 Å². The summed E-state index contributed by atoms with van der Waals surface area (Å²) in [6.07, 6.45) is 7.22. The van der Waals surface area contributed by atoms with Crippen LogP contribution in [0, 0.1) is 11.8 Å². The summed E-state index contributed by atoms with van der Waals surface area (Å²) >= 11 is 0. The number of ether oxygens (including phenoxy) is 3. The molecule has 1 aromatic heterocycles. The number of phenols is 1. The lowest BCUT2D eigenvalue weighted by Gasteiger charge is -2.56. The molecule has 3 aliphatic carbocycles. The monoisotopic (exact) mass is 501 g/mol. The highest BCUT2D eigenvalue weighted by molar-refractivity contribution is 6.18. The number of allylic oxidation sites excluding steroid dienone is 1. The molecule has 2 aromatic rings. The van der Waals surface area contributed by atoms with Crippen LogP contribution in [0.5, 0.6) is 11.5 Å². The average molecular weight is 502 g/mol. The lowest BCUT2D eigenvalue weighted by Crippen LogP contribution is -2.72. The molecule has 0 radical (unpaired) electrons. The summed E-state index contributed by atoms with van der Waals surface area (Å²) < 4.78 is 18.7. The van der Waals surface area contributed by atoms with Gasteiger partial charge in [-0.3, -0.25) is 14.6 Å². The predicted molar refractivity (Wildman–Crippen MR) is 131 cm³/mol. The van der Waals surface area contributed by atoms with Gasteiger partial charge in [0, 0.05) is 36.2 Å².